The van der Waals surface area contributed by atoms with Gasteiger partial charge in [-0.2, -0.15) is 0 Å². The van der Waals surface area contributed by atoms with Crippen molar-refractivity contribution in [1.82, 2.24) is 9.55 Å². The second-order valence-electron chi connectivity index (χ2n) is 4.24. The molecule has 3 nitrogen and oxygen atoms in total. The largest absolute Gasteiger partial charge is 0.497 e. The van der Waals surface area contributed by atoms with Crippen LogP contribution in [0.4, 0.5) is 4.39 Å². The zero-order valence-electron chi connectivity index (χ0n) is 10.5. The summed E-state index contributed by atoms with van der Waals surface area (Å²) in [7, 11) is 1.61. The van der Waals surface area contributed by atoms with E-state index in [2.05, 4.69) is 20.9 Å². The van der Waals surface area contributed by atoms with E-state index in [9.17, 15) is 4.39 Å². The molecule has 0 radical (unpaired) electrons. The lowest BCUT2D eigenvalue weighted by Gasteiger charge is -2.09. The molecule has 0 bridgehead atoms. The Hall–Kier alpha value is -1.66. The highest BCUT2D eigenvalue weighted by molar-refractivity contribution is 9.10. The zero-order chi connectivity index (χ0) is 14.3. The van der Waals surface area contributed by atoms with E-state index in [1.165, 1.54) is 12.1 Å². The number of nitrogens with one attached hydrogen (secondary N) is 1. The Labute approximate surface area is 128 Å². The quantitative estimate of drug-likeness (QED) is 0.683. The number of nitrogens with zero attached hydrogens (tertiary/aromatic N) is 1. The normalized spacial score (nSPS) is 10.9. The summed E-state index contributed by atoms with van der Waals surface area (Å²) >= 11 is 8.85. The first-order valence-corrected chi connectivity index (χ1v) is 7.04. The van der Waals surface area contributed by atoms with Crippen LogP contribution < -0.4 is 4.74 Å². The lowest BCUT2D eigenvalue weighted by molar-refractivity contribution is 0.414. The summed E-state index contributed by atoms with van der Waals surface area (Å²) in [6.07, 6.45) is 0. The fourth-order valence-electron chi connectivity index (χ4n) is 2.11. The Morgan fingerprint density at radius 2 is 2.05 bits per heavy atom. The Bertz CT molecular complexity index is 856. The van der Waals surface area contributed by atoms with Crippen LogP contribution in [0.3, 0.4) is 0 Å². The molecule has 0 spiro atoms. The fraction of sp³-hybridized carbons (Fsp3) is 0.0714. The highest BCUT2D eigenvalue weighted by atomic mass is 79.9. The Morgan fingerprint density at radius 3 is 2.80 bits per heavy atom. The topological polar surface area (TPSA) is 29.9 Å². The van der Waals surface area contributed by atoms with Crippen molar-refractivity contribution < 1.29 is 9.13 Å². The van der Waals surface area contributed by atoms with E-state index in [0.29, 0.717) is 10.3 Å². The minimum atomic E-state index is -0.300. The van der Waals surface area contributed by atoms with Gasteiger partial charge in [-0.3, -0.25) is 4.57 Å². The number of methoxy groups -OCH3 is 1. The molecule has 6 heteroatoms. The number of aromatic amines is 1. The van der Waals surface area contributed by atoms with Gasteiger partial charge in [0.15, 0.2) is 4.77 Å². The molecule has 2 aromatic carbocycles. The number of hydrogen-bond acceptors (Lipinski definition) is 2. The van der Waals surface area contributed by atoms with Gasteiger partial charge in [-0.25, -0.2) is 4.39 Å². The smallest absolute Gasteiger partial charge is 0.182 e. The van der Waals surface area contributed by atoms with Gasteiger partial charge < -0.3 is 9.72 Å². The van der Waals surface area contributed by atoms with Gasteiger partial charge >= 0.3 is 0 Å². The summed E-state index contributed by atoms with van der Waals surface area (Å²) in [5.41, 5.74) is 2.31. The molecule has 0 aliphatic rings. The van der Waals surface area contributed by atoms with Crippen molar-refractivity contribution in [3.63, 3.8) is 0 Å². The SMILES string of the molecule is COc1ccc(Br)c(-n2c(=S)[nH]c3cc(F)ccc32)c1. The summed E-state index contributed by atoms with van der Waals surface area (Å²) < 4.78 is 21.7. The van der Waals surface area contributed by atoms with Crippen LogP contribution in [0.1, 0.15) is 0 Å². The zero-order valence-corrected chi connectivity index (χ0v) is 12.9. The molecular formula is C14H10BrFN2OS. The van der Waals surface area contributed by atoms with E-state index in [0.717, 1.165) is 21.4 Å². The average Bonchev–Trinajstić information content (AvgIpc) is 2.74. The maximum absolute atomic E-state index is 13.3. The predicted molar refractivity (Wildman–Crippen MR) is 82.7 cm³/mol. The van der Waals surface area contributed by atoms with Gasteiger partial charge in [0.05, 0.1) is 23.8 Å². The van der Waals surface area contributed by atoms with E-state index in [1.807, 2.05) is 22.8 Å². The number of benzene rings is 2. The number of rotatable bonds is 2. The van der Waals surface area contributed by atoms with Gasteiger partial charge in [-0.1, -0.05) is 0 Å². The molecule has 1 N–H and O–H groups in total. The van der Waals surface area contributed by atoms with Crippen molar-refractivity contribution in [3.8, 4) is 11.4 Å². The van der Waals surface area contributed by atoms with Crippen molar-refractivity contribution in [3.05, 3.63) is 51.5 Å². The molecule has 1 aromatic heterocycles. The summed E-state index contributed by atoms with van der Waals surface area (Å²) in [4.78, 5) is 3.01. The molecule has 0 amide bonds. The number of ether oxygens (including phenoxy) is 1. The molecule has 20 heavy (non-hydrogen) atoms. The number of aromatic nitrogens is 2. The molecule has 1 heterocycles. The summed E-state index contributed by atoms with van der Waals surface area (Å²) in [6.45, 7) is 0. The molecule has 102 valence electrons. The van der Waals surface area contributed by atoms with E-state index in [-0.39, 0.29) is 5.82 Å². The van der Waals surface area contributed by atoms with Crippen LogP contribution in [0.15, 0.2) is 40.9 Å². The van der Waals surface area contributed by atoms with Crippen LogP contribution in [0.25, 0.3) is 16.7 Å². The maximum atomic E-state index is 13.3. The number of halogens is 2. The fourth-order valence-corrected chi connectivity index (χ4v) is 2.84. The number of imidazole rings is 1. The van der Waals surface area contributed by atoms with Gasteiger partial charge in [-0.05, 0) is 58.5 Å². The van der Waals surface area contributed by atoms with Gasteiger partial charge in [0.25, 0.3) is 0 Å². The second kappa shape index (κ2) is 5.03. The van der Waals surface area contributed by atoms with Gasteiger partial charge in [0, 0.05) is 10.5 Å². The first kappa shape index (κ1) is 13.3. The Kier molecular flexibility index (Phi) is 3.35. The average molecular weight is 353 g/mol. The van der Waals surface area contributed by atoms with Crippen molar-refractivity contribution in [2.24, 2.45) is 0 Å². The molecule has 0 aliphatic carbocycles. The van der Waals surface area contributed by atoms with E-state index >= 15 is 0 Å². The number of hydrogen-bond donors (Lipinski definition) is 1. The van der Waals surface area contributed by atoms with Crippen molar-refractivity contribution in [2.45, 2.75) is 0 Å². The van der Waals surface area contributed by atoms with E-state index in [1.54, 1.807) is 13.2 Å². The van der Waals surface area contributed by atoms with Crippen molar-refractivity contribution in [2.75, 3.05) is 7.11 Å². The Morgan fingerprint density at radius 1 is 1.25 bits per heavy atom. The molecule has 0 aliphatic heterocycles. The third-order valence-electron chi connectivity index (χ3n) is 3.04. The van der Waals surface area contributed by atoms with Crippen LogP contribution >= 0.6 is 28.1 Å². The van der Waals surface area contributed by atoms with Crippen LogP contribution in [0.5, 0.6) is 5.75 Å². The monoisotopic (exact) mass is 352 g/mol. The number of H-pyrrole nitrogens is 1. The molecule has 0 atom stereocenters. The lowest BCUT2D eigenvalue weighted by atomic mass is 10.2. The molecular weight excluding hydrogens is 343 g/mol. The van der Waals surface area contributed by atoms with Crippen LogP contribution in [0.2, 0.25) is 0 Å². The Balaban J connectivity index is 2.34. The summed E-state index contributed by atoms with van der Waals surface area (Å²) in [5.74, 6) is 0.423. The van der Waals surface area contributed by atoms with Gasteiger partial charge in [0.2, 0.25) is 0 Å². The third-order valence-corrected chi connectivity index (χ3v) is 3.99. The first-order valence-electron chi connectivity index (χ1n) is 5.84. The van der Waals surface area contributed by atoms with E-state index < -0.39 is 0 Å². The van der Waals surface area contributed by atoms with Crippen molar-refractivity contribution >= 4 is 39.2 Å². The maximum Gasteiger partial charge on any atom is 0.182 e. The van der Waals surface area contributed by atoms with Gasteiger partial charge in [0.1, 0.15) is 11.6 Å². The minimum Gasteiger partial charge on any atom is -0.497 e. The lowest BCUT2D eigenvalue weighted by Crippen LogP contribution is -1.96. The van der Waals surface area contributed by atoms with Crippen molar-refractivity contribution in [1.29, 1.82) is 0 Å². The highest BCUT2D eigenvalue weighted by Gasteiger charge is 2.11. The predicted octanol–water partition coefficient (Wildman–Crippen LogP) is 4.60. The third kappa shape index (κ3) is 2.14. The van der Waals surface area contributed by atoms with Crippen LogP contribution in [-0.2, 0) is 0 Å². The number of fused-ring (bicyclic) bond motifs is 1. The first-order chi connectivity index (χ1) is 9.60. The molecule has 0 unspecified atom stereocenters. The highest BCUT2D eigenvalue weighted by Crippen LogP contribution is 2.29. The van der Waals surface area contributed by atoms with E-state index in [4.69, 9.17) is 17.0 Å². The molecule has 0 saturated carbocycles. The summed E-state index contributed by atoms with van der Waals surface area (Å²) in [5, 5.41) is 0. The minimum absolute atomic E-state index is 0.300. The van der Waals surface area contributed by atoms with Crippen LogP contribution in [-0.4, -0.2) is 16.7 Å². The molecule has 0 saturated heterocycles. The summed E-state index contributed by atoms with van der Waals surface area (Å²) in [6, 6.07) is 10.1. The second-order valence-corrected chi connectivity index (χ2v) is 5.49. The van der Waals surface area contributed by atoms with Crippen LogP contribution in [0, 0.1) is 10.6 Å². The van der Waals surface area contributed by atoms with Gasteiger partial charge in [-0.15, -0.1) is 0 Å². The standard InChI is InChI=1S/C14H10BrFN2OS/c1-19-9-3-4-10(15)13(7-9)18-12-5-2-8(16)6-11(12)17-14(18)20/h2-7H,1H3,(H,17,20). The molecule has 3 aromatic rings. The molecule has 3 rings (SSSR count). The molecule has 0 fully saturated rings.